The van der Waals surface area contributed by atoms with Crippen LogP contribution in [0.15, 0.2) is 84.6 Å². The number of halogens is 1. The van der Waals surface area contributed by atoms with Gasteiger partial charge in [0.1, 0.15) is 5.57 Å². The number of fused-ring (bicyclic) bond motifs is 1. The first kappa shape index (κ1) is 22.5. The van der Waals surface area contributed by atoms with E-state index in [-0.39, 0.29) is 10.7 Å². The van der Waals surface area contributed by atoms with Crippen LogP contribution in [0.4, 0.5) is 5.69 Å². The highest BCUT2D eigenvalue weighted by molar-refractivity contribution is 7.80. The van der Waals surface area contributed by atoms with Gasteiger partial charge >= 0.3 is 0 Å². The zero-order chi connectivity index (χ0) is 24.5. The van der Waals surface area contributed by atoms with Crippen LogP contribution in [0, 0.1) is 11.3 Å². The van der Waals surface area contributed by atoms with Gasteiger partial charge in [-0.15, -0.1) is 0 Å². The second kappa shape index (κ2) is 9.18. The van der Waals surface area contributed by atoms with E-state index < -0.39 is 11.8 Å². The van der Waals surface area contributed by atoms with Crippen molar-refractivity contribution in [1.82, 2.24) is 9.88 Å². The van der Waals surface area contributed by atoms with E-state index in [1.807, 2.05) is 53.2 Å². The van der Waals surface area contributed by atoms with E-state index >= 15 is 0 Å². The lowest BCUT2D eigenvalue weighted by Gasteiger charge is -2.29. The van der Waals surface area contributed by atoms with Crippen molar-refractivity contribution in [3.63, 3.8) is 0 Å². The number of carbonyl (C=O) groups is 2. The first-order valence-corrected chi connectivity index (χ1v) is 11.5. The zero-order valence-electron chi connectivity index (χ0n) is 18.2. The average Bonchev–Trinajstić information content (AvgIpc) is 3.20. The van der Waals surface area contributed by atoms with E-state index in [1.54, 1.807) is 36.4 Å². The Balaban J connectivity index is 1.59. The molecule has 0 saturated carbocycles. The number of amides is 2. The third-order valence-electron chi connectivity index (χ3n) is 5.79. The SMILES string of the molecule is N#Cc1ccccc1Cn1cc(/C=C2\C(=O)NC(=S)N(c3ccccc3Cl)C2=O)c2ccccc21. The summed E-state index contributed by atoms with van der Waals surface area (Å²) in [5.74, 6) is -1.13. The molecular weight excluding hydrogens is 480 g/mol. The van der Waals surface area contributed by atoms with Crippen LogP contribution in [0.25, 0.3) is 17.0 Å². The van der Waals surface area contributed by atoms with Gasteiger partial charge < -0.3 is 4.57 Å². The summed E-state index contributed by atoms with van der Waals surface area (Å²) in [7, 11) is 0. The van der Waals surface area contributed by atoms with E-state index in [9.17, 15) is 14.9 Å². The van der Waals surface area contributed by atoms with Crippen molar-refractivity contribution >= 4 is 63.4 Å². The second-order valence-electron chi connectivity index (χ2n) is 7.91. The minimum absolute atomic E-state index is 0.0270. The molecule has 6 nitrogen and oxygen atoms in total. The van der Waals surface area contributed by atoms with Crippen LogP contribution < -0.4 is 10.2 Å². The molecular formula is C27H17ClN4O2S. The molecule has 2 heterocycles. The summed E-state index contributed by atoms with van der Waals surface area (Å²) in [6.07, 6.45) is 3.44. The maximum atomic E-state index is 13.4. The van der Waals surface area contributed by atoms with Gasteiger partial charge in [0.05, 0.1) is 22.3 Å². The summed E-state index contributed by atoms with van der Waals surface area (Å²) in [4.78, 5) is 27.5. The summed E-state index contributed by atoms with van der Waals surface area (Å²) in [6, 6.07) is 24.1. The van der Waals surface area contributed by atoms with Gasteiger partial charge in [-0.05, 0) is 48.1 Å². The van der Waals surface area contributed by atoms with Crippen LogP contribution in [-0.2, 0) is 16.1 Å². The molecule has 5 rings (SSSR count). The summed E-state index contributed by atoms with van der Waals surface area (Å²) in [5.41, 5.74) is 3.41. The smallest absolute Gasteiger partial charge is 0.270 e. The quantitative estimate of drug-likeness (QED) is 0.244. The Labute approximate surface area is 211 Å². The summed E-state index contributed by atoms with van der Waals surface area (Å²) in [6.45, 7) is 0.462. The lowest BCUT2D eigenvalue weighted by molar-refractivity contribution is -0.122. The lowest BCUT2D eigenvalue weighted by atomic mass is 10.1. The Kier molecular flexibility index (Phi) is 5.91. The normalized spacial score (nSPS) is 14.9. The monoisotopic (exact) mass is 496 g/mol. The van der Waals surface area contributed by atoms with Gasteiger partial charge in [0, 0.05) is 29.2 Å². The lowest BCUT2D eigenvalue weighted by Crippen LogP contribution is -2.54. The van der Waals surface area contributed by atoms with Crippen LogP contribution in [0.2, 0.25) is 5.02 Å². The van der Waals surface area contributed by atoms with Crippen molar-refractivity contribution in [2.75, 3.05) is 4.90 Å². The summed E-state index contributed by atoms with van der Waals surface area (Å²) >= 11 is 11.6. The molecule has 1 saturated heterocycles. The number of nitrogens with zero attached hydrogens (tertiary/aromatic N) is 3. The highest BCUT2D eigenvalue weighted by atomic mass is 35.5. The summed E-state index contributed by atoms with van der Waals surface area (Å²) in [5, 5.41) is 13.2. The number of aromatic nitrogens is 1. The molecule has 0 unspecified atom stereocenters. The van der Waals surface area contributed by atoms with Crippen molar-refractivity contribution in [2.24, 2.45) is 0 Å². The van der Waals surface area contributed by atoms with E-state index in [1.165, 1.54) is 4.90 Å². The standard InChI is InChI=1S/C27H17ClN4O2S/c28-22-10-4-6-12-24(22)32-26(34)21(25(33)30-27(32)35)13-19-16-31(23-11-5-3-9-20(19)23)15-18-8-2-1-7-17(18)14-29/h1-13,16H,15H2,(H,30,33,35)/b21-13+. The number of anilines is 1. The molecule has 1 aliphatic heterocycles. The van der Waals surface area contributed by atoms with E-state index in [0.29, 0.717) is 28.4 Å². The number of thiocarbonyl (C=S) groups is 1. The number of rotatable bonds is 4. The van der Waals surface area contributed by atoms with Gasteiger partial charge in [-0.25, -0.2) is 0 Å². The Morgan fingerprint density at radius 2 is 1.71 bits per heavy atom. The van der Waals surface area contributed by atoms with Gasteiger partial charge in [0.15, 0.2) is 5.11 Å². The predicted molar refractivity (Wildman–Crippen MR) is 140 cm³/mol. The first-order valence-electron chi connectivity index (χ1n) is 10.7. The van der Waals surface area contributed by atoms with Crippen LogP contribution >= 0.6 is 23.8 Å². The molecule has 1 aliphatic rings. The molecule has 2 amide bonds. The maximum absolute atomic E-state index is 13.4. The van der Waals surface area contributed by atoms with Gasteiger partial charge in [-0.1, -0.05) is 60.1 Å². The Hall–Kier alpha value is -4.25. The van der Waals surface area contributed by atoms with Crippen LogP contribution in [0.1, 0.15) is 16.7 Å². The molecule has 1 fully saturated rings. The fraction of sp³-hybridized carbons (Fsp3) is 0.0370. The maximum Gasteiger partial charge on any atom is 0.270 e. The topological polar surface area (TPSA) is 78.1 Å². The zero-order valence-corrected chi connectivity index (χ0v) is 19.8. The minimum atomic E-state index is -0.574. The number of nitrogens with one attached hydrogen (secondary N) is 1. The number of hydrogen-bond donors (Lipinski definition) is 1. The molecule has 0 bridgehead atoms. The van der Waals surface area contributed by atoms with Crippen LogP contribution in [0.5, 0.6) is 0 Å². The molecule has 8 heteroatoms. The molecule has 0 atom stereocenters. The molecule has 4 aromatic rings. The minimum Gasteiger partial charge on any atom is -0.342 e. The fourth-order valence-electron chi connectivity index (χ4n) is 4.14. The average molecular weight is 497 g/mol. The second-order valence-corrected chi connectivity index (χ2v) is 8.70. The molecule has 0 spiro atoms. The number of hydrogen-bond acceptors (Lipinski definition) is 4. The van der Waals surface area contributed by atoms with Gasteiger partial charge in [-0.2, -0.15) is 5.26 Å². The highest BCUT2D eigenvalue weighted by Crippen LogP contribution is 2.30. The fourth-order valence-corrected chi connectivity index (χ4v) is 4.63. The molecule has 35 heavy (non-hydrogen) atoms. The van der Waals surface area contributed by atoms with Crippen LogP contribution in [0.3, 0.4) is 0 Å². The van der Waals surface area contributed by atoms with E-state index in [4.69, 9.17) is 23.8 Å². The van der Waals surface area contributed by atoms with E-state index in [2.05, 4.69) is 11.4 Å². The van der Waals surface area contributed by atoms with Crippen LogP contribution in [-0.4, -0.2) is 21.5 Å². The molecule has 170 valence electrons. The number of benzene rings is 3. The Bertz CT molecular complexity index is 1600. The van der Waals surface area contributed by atoms with Crippen molar-refractivity contribution in [3.8, 4) is 6.07 Å². The van der Waals surface area contributed by atoms with Gasteiger partial charge in [0.25, 0.3) is 11.8 Å². The van der Waals surface area contributed by atoms with Gasteiger partial charge in [-0.3, -0.25) is 19.8 Å². The third-order valence-corrected chi connectivity index (χ3v) is 6.40. The van der Waals surface area contributed by atoms with Crippen molar-refractivity contribution in [3.05, 3.63) is 106 Å². The number of nitriles is 1. The Morgan fingerprint density at radius 3 is 2.51 bits per heavy atom. The molecule has 0 radical (unpaired) electrons. The molecule has 1 aromatic heterocycles. The number of para-hydroxylation sites is 2. The largest absolute Gasteiger partial charge is 0.342 e. The molecule has 0 aliphatic carbocycles. The van der Waals surface area contributed by atoms with Crippen molar-refractivity contribution in [2.45, 2.75) is 6.54 Å². The summed E-state index contributed by atoms with van der Waals surface area (Å²) < 4.78 is 2.00. The first-order chi connectivity index (χ1) is 17.0. The predicted octanol–water partition coefficient (Wildman–Crippen LogP) is 5.05. The number of carbonyl (C=O) groups excluding carboxylic acids is 2. The molecule has 3 aromatic carbocycles. The highest BCUT2D eigenvalue weighted by Gasteiger charge is 2.35. The Morgan fingerprint density at radius 1 is 1.00 bits per heavy atom. The third kappa shape index (κ3) is 4.10. The van der Waals surface area contributed by atoms with Gasteiger partial charge in [0.2, 0.25) is 0 Å². The van der Waals surface area contributed by atoms with Crippen molar-refractivity contribution in [1.29, 1.82) is 5.26 Å². The van der Waals surface area contributed by atoms with Crippen molar-refractivity contribution < 1.29 is 9.59 Å². The molecule has 1 N–H and O–H groups in total. The van der Waals surface area contributed by atoms with E-state index in [0.717, 1.165) is 16.5 Å².